The molecule has 0 heterocycles. The van der Waals surface area contributed by atoms with Crippen molar-refractivity contribution >= 4 is 5.97 Å². The first-order valence-electron chi connectivity index (χ1n) is 5.84. The zero-order valence-electron chi connectivity index (χ0n) is 10.8. The Morgan fingerprint density at radius 2 is 2.06 bits per heavy atom. The number of rotatable bonds is 8. The standard InChI is InChI=1S/C14H24O2/c1-6-9-13(7-2)10-8-11-14(4,5)16-12(3)15/h6-7,13H,1-2,8-11H2,3-5H3. The summed E-state index contributed by atoms with van der Waals surface area (Å²) in [5, 5.41) is 0. The minimum atomic E-state index is -0.355. The predicted octanol–water partition coefficient (Wildman–Crippen LogP) is 3.88. The Bertz CT molecular complexity index is 241. The van der Waals surface area contributed by atoms with E-state index >= 15 is 0 Å². The van der Waals surface area contributed by atoms with E-state index in [4.69, 9.17) is 4.74 Å². The molecule has 2 nitrogen and oxygen atoms in total. The van der Waals surface area contributed by atoms with E-state index in [-0.39, 0.29) is 11.6 Å². The predicted molar refractivity (Wildman–Crippen MR) is 68.2 cm³/mol. The second-order valence-electron chi connectivity index (χ2n) is 4.77. The van der Waals surface area contributed by atoms with Gasteiger partial charge in [-0.15, -0.1) is 13.2 Å². The van der Waals surface area contributed by atoms with Gasteiger partial charge in [0.2, 0.25) is 0 Å². The highest BCUT2D eigenvalue weighted by molar-refractivity contribution is 5.66. The van der Waals surface area contributed by atoms with Gasteiger partial charge in [-0.2, -0.15) is 0 Å². The van der Waals surface area contributed by atoms with Crippen LogP contribution in [0.15, 0.2) is 25.3 Å². The normalized spacial score (nSPS) is 12.9. The molecular formula is C14H24O2. The third kappa shape index (κ3) is 7.27. The summed E-state index contributed by atoms with van der Waals surface area (Å²) in [4.78, 5) is 10.9. The summed E-state index contributed by atoms with van der Waals surface area (Å²) >= 11 is 0. The van der Waals surface area contributed by atoms with Crippen molar-refractivity contribution in [1.29, 1.82) is 0 Å². The summed E-state index contributed by atoms with van der Waals surface area (Å²) in [6, 6.07) is 0. The van der Waals surface area contributed by atoms with Gasteiger partial charge in [0.05, 0.1) is 0 Å². The maximum atomic E-state index is 10.9. The lowest BCUT2D eigenvalue weighted by Crippen LogP contribution is -2.26. The van der Waals surface area contributed by atoms with Gasteiger partial charge in [-0.3, -0.25) is 4.79 Å². The van der Waals surface area contributed by atoms with Crippen molar-refractivity contribution in [2.24, 2.45) is 5.92 Å². The number of hydrogen-bond donors (Lipinski definition) is 0. The molecule has 1 unspecified atom stereocenters. The molecule has 0 aromatic heterocycles. The van der Waals surface area contributed by atoms with Gasteiger partial charge in [0.15, 0.2) is 0 Å². The average molecular weight is 224 g/mol. The first-order chi connectivity index (χ1) is 7.41. The molecule has 0 saturated carbocycles. The molecular weight excluding hydrogens is 200 g/mol. The summed E-state index contributed by atoms with van der Waals surface area (Å²) in [6.45, 7) is 12.9. The summed E-state index contributed by atoms with van der Waals surface area (Å²) in [7, 11) is 0. The molecule has 0 aromatic rings. The molecule has 0 rings (SSSR count). The van der Waals surface area contributed by atoms with Crippen molar-refractivity contribution in [3.05, 3.63) is 25.3 Å². The fourth-order valence-corrected chi connectivity index (χ4v) is 1.78. The summed E-state index contributed by atoms with van der Waals surface area (Å²) in [5.41, 5.74) is -0.355. The minimum Gasteiger partial charge on any atom is -0.460 e. The van der Waals surface area contributed by atoms with E-state index < -0.39 is 0 Å². The maximum Gasteiger partial charge on any atom is 0.303 e. The molecule has 16 heavy (non-hydrogen) atoms. The molecule has 0 radical (unpaired) electrons. The minimum absolute atomic E-state index is 0.212. The summed E-state index contributed by atoms with van der Waals surface area (Å²) < 4.78 is 5.23. The van der Waals surface area contributed by atoms with Gasteiger partial charge in [-0.25, -0.2) is 0 Å². The first-order valence-corrected chi connectivity index (χ1v) is 5.84. The van der Waals surface area contributed by atoms with Gasteiger partial charge in [0.25, 0.3) is 0 Å². The zero-order chi connectivity index (χ0) is 12.6. The molecule has 0 aliphatic heterocycles. The highest BCUT2D eigenvalue weighted by atomic mass is 16.6. The number of allylic oxidation sites excluding steroid dienone is 2. The Morgan fingerprint density at radius 3 is 2.50 bits per heavy atom. The quantitative estimate of drug-likeness (QED) is 0.462. The number of hydrogen-bond acceptors (Lipinski definition) is 2. The van der Waals surface area contributed by atoms with Crippen LogP contribution in [0.3, 0.4) is 0 Å². The van der Waals surface area contributed by atoms with E-state index in [2.05, 4.69) is 13.2 Å². The monoisotopic (exact) mass is 224 g/mol. The molecule has 0 fully saturated rings. The van der Waals surface area contributed by atoms with Gasteiger partial charge in [0.1, 0.15) is 5.60 Å². The fraction of sp³-hybridized carbons (Fsp3) is 0.643. The van der Waals surface area contributed by atoms with Gasteiger partial charge in [-0.1, -0.05) is 12.2 Å². The molecule has 0 aliphatic rings. The SMILES string of the molecule is C=CCC(C=C)CCCC(C)(C)OC(C)=O. The van der Waals surface area contributed by atoms with Crippen LogP contribution in [-0.4, -0.2) is 11.6 Å². The maximum absolute atomic E-state index is 10.9. The number of carbonyl (C=O) groups excluding carboxylic acids is 1. The molecule has 0 aliphatic carbocycles. The molecule has 0 amide bonds. The highest BCUT2D eigenvalue weighted by Crippen LogP contribution is 2.22. The first kappa shape index (κ1) is 14.9. The van der Waals surface area contributed by atoms with Crippen LogP contribution in [0.1, 0.15) is 46.5 Å². The second kappa shape index (κ2) is 7.26. The van der Waals surface area contributed by atoms with Crippen LogP contribution in [0.4, 0.5) is 0 Å². The van der Waals surface area contributed by atoms with Gasteiger partial charge in [0, 0.05) is 6.92 Å². The lowest BCUT2D eigenvalue weighted by atomic mass is 9.94. The van der Waals surface area contributed by atoms with Crippen molar-refractivity contribution in [2.75, 3.05) is 0 Å². The number of carbonyl (C=O) groups is 1. The summed E-state index contributed by atoms with van der Waals surface area (Å²) in [5.74, 6) is 0.280. The molecule has 92 valence electrons. The van der Waals surface area contributed by atoms with E-state index in [0.717, 1.165) is 25.7 Å². The molecule has 0 spiro atoms. The van der Waals surface area contributed by atoms with E-state index in [9.17, 15) is 4.79 Å². The lowest BCUT2D eigenvalue weighted by molar-refractivity contribution is -0.154. The summed E-state index contributed by atoms with van der Waals surface area (Å²) in [6.07, 6.45) is 7.85. The van der Waals surface area contributed by atoms with Crippen LogP contribution >= 0.6 is 0 Å². The third-order valence-corrected chi connectivity index (χ3v) is 2.58. The largest absolute Gasteiger partial charge is 0.460 e. The average Bonchev–Trinajstić information content (AvgIpc) is 2.14. The highest BCUT2D eigenvalue weighted by Gasteiger charge is 2.20. The van der Waals surface area contributed by atoms with Crippen molar-refractivity contribution in [3.8, 4) is 0 Å². The molecule has 0 N–H and O–H groups in total. The Labute approximate surface area is 99.4 Å². The van der Waals surface area contributed by atoms with E-state index in [1.807, 2.05) is 26.0 Å². The number of esters is 1. The van der Waals surface area contributed by atoms with Crippen molar-refractivity contribution in [2.45, 2.75) is 52.1 Å². The Morgan fingerprint density at radius 1 is 1.44 bits per heavy atom. The van der Waals surface area contributed by atoms with Crippen molar-refractivity contribution in [1.82, 2.24) is 0 Å². The van der Waals surface area contributed by atoms with Crippen molar-refractivity contribution in [3.63, 3.8) is 0 Å². The molecule has 0 bridgehead atoms. The molecule has 0 aromatic carbocycles. The Balaban J connectivity index is 3.90. The van der Waals surface area contributed by atoms with Crippen molar-refractivity contribution < 1.29 is 9.53 Å². The molecule has 0 saturated heterocycles. The zero-order valence-corrected chi connectivity index (χ0v) is 10.8. The van der Waals surface area contributed by atoms with Gasteiger partial charge in [-0.05, 0) is 45.4 Å². The Hall–Kier alpha value is -1.05. The molecule has 1 atom stereocenters. The number of ether oxygens (including phenoxy) is 1. The van der Waals surface area contributed by atoms with E-state index in [0.29, 0.717) is 5.92 Å². The topological polar surface area (TPSA) is 26.3 Å². The van der Waals surface area contributed by atoms with Crippen LogP contribution in [0, 0.1) is 5.92 Å². The van der Waals surface area contributed by atoms with Crippen LogP contribution in [-0.2, 0) is 9.53 Å². The smallest absolute Gasteiger partial charge is 0.303 e. The molecule has 2 heteroatoms. The lowest BCUT2D eigenvalue weighted by Gasteiger charge is -2.24. The van der Waals surface area contributed by atoms with Crippen LogP contribution in [0.25, 0.3) is 0 Å². The van der Waals surface area contributed by atoms with E-state index in [1.54, 1.807) is 0 Å². The van der Waals surface area contributed by atoms with Gasteiger partial charge >= 0.3 is 5.97 Å². The Kier molecular flexibility index (Phi) is 6.78. The third-order valence-electron chi connectivity index (χ3n) is 2.58. The van der Waals surface area contributed by atoms with E-state index in [1.165, 1.54) is 6.92 Å². The van der Waals surface area contributed by atoms with Crippen LogP contribution in [0.2, 0.25) is 0 Å². The van der Waals surface area contributed by atoms with Crippen LogP contribution in [0.5, 0.6) is 0 Å². The fourth-order valence-electron chi connectivity index (χ4n) is 1.78. The van der Waals surface area contributed by atoms with Gasteiger partial charge < -0.3 is 4.74 Å². The second-order valence-corrected chi connectivity index (χ2v) is 4.77. The van der Waals surface area contributed by atoms with Crippen LogP contribution < -0.4 is 0 Å².